The van der Waals surface area contributed by atoms with Gasteiger partial charge in [0.05, 0.1) is 6.10 Å². The zero-order valence-corrected chi connectivity index (χ0v) is 14.2. The van der Waals surface area contributed by atoms with Gasteiger partial charge in [0.2, 0.25) is 0 Å². The number of hydrogen-bond donors (Lipinski definition) is 0. The van der Waals surface area contributed by atoms with Crippen molar-refractivity contribution in [2.75, 3.05) is 4.43 Å². The maximum Gasteiger partial charge on any atom is 0.192 e. The molecule has 3 atom stereocenters. The standard InChI is InChI=1S/C12H24FIOSi/c1-12(2,3)16(4,5)15-11-7-9(8-14)6-10(11)13/h9-11H,6-8H2,1-5H3/t9-,10+,11-/m0/s1. The molecule has 0 spiro atoms. The second-order valence-electron chi connectivity index (χ2n) is 6.42. The maximum atomic E-state index is 13.8. The molecular weight excluding hydrogens is 334 g/mol. The van der Waals surface area contributed by atoms with Gasteiger partial charge in [-0.3, -0.25) is 0 Å². The molecule has 0 saturated heterocycles. The lowest BCUT2D eigenvalue weighted by atomic mass is 10.1. The highest BCUT2D eigenvalue weighted by molar-refractivity contribution is 14.1. The topological polar surface area (TPSA) is 9.23 Å². The third kappa shape index (κ3) is 3.42. The molecule has 0 aromatic rings. The van der Waals surface area contributed by atoms with Crippen molar-refractivity contribution in [1.82, 2.24) is 0 Å². The van der Waals surface area contributed by atoms with E-state index in [0.29, 0.717) is 12.3 Å². The third-order valence-corrected chi connectivity index (χ3v) is 9.75. The van der Waals surface area contributed by atoms with Gasteiger partial charge in [-0.2, -0.15) is 0 Å². The first-order valence-electron chi connectivity index (χ1n) is 6.05. The van der Waals surface area contributed by atoms with E-state index in [-0.39, 0.29) is 11.1 Å². The molecule has 1 aliphatic rings. The zero-order valence-electron chi connectivity index (χ0n) is 11.0. The van der Waals surface area contributed by atoms with Crippen LogP contribution in [0, 0.1) is 5.92 Å². The van der Waals surface area contributed by atoms with Crippen LogP contribution in [0.3, 0.4) is 0 Å². The Balaban J connectivity index is 2.61. The minimum Gasteiger partial charge on any atom is -0.411 e. The molecule has 0 amide bonds. The molecule has 0 aromatic heterocycles. The molecule has 96 valence electrons. The van der Waals surface area contributed by atoms with E-state index in [0.717, 1.165) is 10.8 Å². The highest BCUT2D eigenvalue weighted by Crippen LogP contribution is 2.41. The van der Waals surface area contributed by atoms with E-state index in [9.17, 15) is 4.39 Å². The van der Waals surface area contributed by atoms with E-state index >= 15 is 0 Å². The van der Waals surface area contributed by atoms with E-state index in [4.69, 9.17) is 4.43 Å². The van der Waals surface area contributed by atoms with Crippen LogP contribution >= 0.6 is 22.6 Å². The summed E-state index contributed by atoms with van der Waals surface area (Å²) in [5, 5.41) is 0.176. The van der Waals surface area contributed by atoms with Crippen molar-refractivity contribution in [3.63, 3.8) is 0 Å². The van der Waals surface area contributed by atoms with Crippen LogP contribution in [0.2, 0.25) is 18.1 Å². The van der Waals surface area contributed by atoms with Crippen molar-refractivity contribution in [2.45, 2.75) is 64.0 Å². The van der Waals surface area contributed by atoms with E-state index in [1.165, 1.54) is 0 Å². The van der Waals surface area contributed by atoms with Gasteiger partial charge in [-0.05, 0) is 36.9 Å². The highest BCUT2D eigenvalue weighted by Gasteiger charge is 2.43. The van der Waals surface area contributed by atoms with Gasteiger partial charge in [-0.25, -0.2) is 4.39 Å². The largest absolute Gasteiger partial charge is 0.411 e. The van der Waals surface area contributed by atoms with Crippen molar-refractivity contribution in [2.24, 2.45) is 5.92 Å². The van der Waals surface area contributed by atoms with Crippen LogP contribution in [0.1, 0.15) is 33.6 Å². The molecule has 1 rings (SSSR count). The molecule has 1 nitrogen and oxygen atoms in total. The summed E-state index contributed by atoms with van der Waals surface area (Å²) in [6.45, 7) is 11.0. The van der Waals surface area contributed by atoms with Crippen LogP contribution in [0.15, 0.2) is 0 Å². The quantitative estimate of drug-likeness (QED) is 0.408. The summed E-state index contributed by atoms with van der Waals surface area (Å²) >= 11 is 2.35. The lowest BCUT2D eigenvalue weighted by Gasteiger charge is -2.38. The number of halogens is 2. The summed E-state index contributed by atoms with van der Waals surface area (Å²) in [5.74, 6) is 0.519. The SMILES string of the molecule is CC(C)(C)[Si](C)(C)O[C@H]1C[C@@H](CI)C[C@H]1F. The molecular formula is C12H24FIOSi. The molecule has 0 aliphatic heterocycles. The van der Waals surface area contributed by atoms with Gasteiger partial charge < -0.3 is 4.43 Å². The second kappa shape index (κ2) is 5.22. The fourth-order valence-corrected chi connectivity index (χ4v) is 3.92. The molecule has 0 heterocycles. The van der Waals surface area contributed by atoms with Crippen molar-refractivity contribution in [3.05, 3.63) is 0 Å². The summed E-state index contributed by atoms with van der Waals surface area (Å²) in [7, 11) is -1.80. The molecule has 0 N–H and O–H groups in total. The Kier molecular flexibility index (Phi) is 4.86. The second-order valence-corrected chi connectivity index (χ2v) is 12.1. The molecule has 1 fully saturated rings. The lowest BCUT2D eigenvalue weighted by Crippen LogP contribution is -2.45. The molecule has 1 aliphatic carbocycles. The molecule has 0 unspecified atom stereocenters. The van der Waals surface area contributed by atoms with Crippen molar-refractivity contribution in [3.8, 4) is 0 Å². The summed E-state index contributed by atoms with van der Waals surface area (Å²) < 4.78 is 21.1. The Bertz CT molecular complexity index is 240. The lowest BCUT2D eigenvalue weighted by molar-refractivity contribution is 0.111. The predicted molar refractivity (Wildman–Crippen MR) is 78.6 cm³/mol. The minimum absolute atomic E-state index is 0.138. The first-order chi connectivity index (χ1) is 7.17. The van der Waals surface area contributed by atoms with Gasteiger partial charge in [0, 0.05) is 4.43 Å². The predicted octanol–water partition coefficient (Wildman–Crippen LogP) is 4.56. The highest BCUT2D eigenvalue weighted by atomic mass is 127. The van der Waals surface area contributed by atoms with Crippen molar-refractivity contribution >= 4 is 30.9 Å². The summed E-state index contributed by atoms with van der Waals surface area (Å²) in [5.41, 5.74) is 0. The fraction of sp³-hybridized carbons (Fsp3) is 1.00. The van der Waals surface area contributed by atoms with Gasteiger partial charge >= 0.3 is 0 Å². The Hall–Kier alpha value is 0.837. The van der Waals surface area contributed by atoms with E-state index < -0.39 is 14.5 Å². The van der Waals surface area contributed by atoms with Gasteiger partial charge in [-0.1, -0.05) is 43.4 Å². The number of hydrogen-bond acceptors (Lipinski definition) is 1. The fourth-order valence-electron chi connectivity index (χ4n) is 1.85. The van der Waals surface area contributed by atoms with E-state index in [1.807, 2.05) is 0 Å². The monoisotopic (exact) mass is 358 g/mol. The maximum absolute atomic E-state index is 13.8. The third-order valence-electron chi connectivity index (χ3n) is 4.00. The van der Waals surface area contributed by atoms with Gasteiger partial charge in [0.15, 0.2) is 8.32 Å². The Labute approximate surface area is 114 Å². The van der Waals surface area contributed by atoms with Gasteiger partial charge in [-0.15, -0.1) is 0 Å². The normalized spacial score (nSPS) is 32.1. The van der Waals surface area contributed by atoms with Crippen LogP contribution in [0.25, 0.3) is 0 Å². The van der Waals surface area contributed by atoms with Crippen molar-refractivity contribution in [1.29, 1.82) is 0 Å². The van der Waals surface area contributed by atoms with Gasteiger partial charge in [0.25, 0.3) is 0 Å². The molecule has 1 saturated carbocycles. The molecule has 0 radical (unpaired) electrons. The van der Waals surface area contributed by atoms with Crippen LogP contribution in [-0.4, -0.2) is 25.0 Å². The molecule has 0 bridgehead atoms. The minimum atomic E-state index is -1.80. The van der Waals surface area contributed by atoms with Crippen LogP contribution in [0.5, 0.6) is 0 Å². The molecule has 16 heavy (non-hydrogen) atoms. The zero-order chi connectivity index (χ0) is 12.6. The average molecular weight is 358 g/mol. The number of alkyl halides is 2. The Morgan fingerprint density at radius 2 is 1.88 bits per heavy atom. The first kappa shape index (κ1) is 14.9. The average Bonchev–Trinajstić information content (AvgIpc) is 2.44. The van der Waals surface area contributed by atoms with E-state index in [2.05, 4.69) is 56.5 Å². The summed E-state index contributed by atoms with van der Waals surface area (Å²) in [6.07, 6.45) is 0.730. The summed E-state index contributed by atoms with van der Waals surface area (Å²) in [4.78, 5) is 0. The Morgan fingerprint density at radius 1 is 1.31 bits per heavy atom. The van der Waals surface area contributed by atoms with E-state index in [1.54, 1.807) is 0 Å². The van der Waals surface area contributed by atoms with Crippen LogP contribution in [0.4, 0.5) is 4.39 Å². The van der Waals surface area contributed by atoms with Gasteiger partial charge in [0.1, 0.15) is 6.17 Å². The molecule has 4 heteroatoms. The first-order valence-corrected chi connectivity index (χ1v) is 10.5. The van der Waals surface area contributed by atoms with Crippen LogP contribution < -0.4 is 0 Å². The molecule has 0 aromatic carbocycles. The van der Waals surface area contributed by atoms with Crippen molar-refractivity contribution < 1.29 is 8.82 Å². The smallest absolute Gasteiger partial charge is 0.192 e. The Morgan fingerprint density at radius 3 is 2.25 bits per heavy atom. The number of rotatable bonds is 3. The van der Waals surface area contributed by atoms with Crippen LogP contribution in [-0.2, 0) is 4.43 Å². The summed E-state index contributed by atoms with van der Waals surface area (Å²) in [6, 6.07) is 0.